The first-order valence-corrected chi connectivity index (χ1v) is 8.53. The van der Waals surface area contributed by atoms with Gasteiger partial charge in [-0.1, -0.05) is 12.1 Å². The van der Waals surface area contributed by atoms with E-state index in [1.54, 1.807) is 24.0 Å². The molecule has 1 aromatic rings. The molecule has 1 amide bonds. The van der Waals surface area contributed by atoms with Gasteiger partial charge in [0.25, 0.3) is 0 Å². The summed E-state index contributed by atoms with van der Waals surface area (Å²) in [4.78, 5) is 13.8. The van der Waals surface area contributed by atoms with Crippen molar-refractivity contribution < 1.29 is 17.6 Å². The molecule has 1 heterocycles. The fourth-order valence-corrected chi connectivity index (χ4v) is 3.37. The minimum atomic E-state index is -3.18. The largest absolute Gasteiger partial charge is 0.340 e. The van der Waals surface area contributed by atoms with Crippen molar-refractivity contribution in [3.63, 3.8) is 0 Å². The first-order valence-electron chi connectivity index (χ1n) is 6.92. The molecule has 1 saturated heterocycles. The Morgan fingerprint density at radius 2 is 1.71 bits per heavy atom. The highest BCUT2D eigenvalue weighted by Gasteiger charge is 2.27. The Morgan fingerprint density at radius 1 is 1.14 bits per heavy atom. The standard InChI is InChI=1S/C14H19FN2O3S/c1-2-21(19,20)17-9-7-16(8-10-17)14(18)11-12-3-5-13(15)6-4-12/h3-6H,2,7-11H2,1H3. The second kappa shape index (κ2) is 6.53. The van der Waals surface area contributed by atoms with E-state index in [2.05, 4.69) is 0 Å². The minimum Gasteiger partial charge on any atom is -0.340 e. The summed E-state index contributed by atoms with van der Waals surface area (Å²) >= 11 is 0. The van der Waals surface area contributed by atoms with Crippen molar-refractivity contribution in [2.45, 2.75) is 13.3 Å². The molecule has 0 radical (unpaired) electrons. The van der Waals surface area contributed by atoms with Gasteiger partial charge in [0.15, 0.2) is 0 Å². The molecule has 0 unspecified atom stereocenters. The summed E-state index contributed by atoms with van der Waals surface area (Å²) in [5.41, 5.74) is 0.755. The Bertz CT molecular complexity index is 593. The average Bonchev–Trinajstić information content (AvgIpc) is 2.49. The molecule has 0 atom stereocenters. The molecule has 116 valence electrons. The molecule has 2 rings (SSSR count). The quantitative estimate of drug-likeness (QED) is 0.828. The van der Waals surface area contributed by atoms with E-state index in [1.807, 2.05) is 0 Å². The molecule has 0 aromatic heterocycles. The number of hydrogen-bond acceptors (Lipinski definition) is 3. The number of amides is 1. The summed E-state index contributed by atoms with van der Waals surface area (Å²) in [6.45, 7) is 3.09. The second-order valence-electron chi connectivity index (χ2n) is 4.98. The fraction of sp³-hybridized carbons (Fsp3) is 0.500. The topological polar surface area (TPSA) is 57.7 Å². The molecule has 0 saturated carbocycles. The average molecular weight is 314 g/mol. The maximum absolute atomic E-state index is 12.8. The van der Waals surface area contributed by atoms with Crippen LogP contribution in [0.2, 0.25) is 0 Å². The van der Waals surface area contributed by atoms with Crippen LogP contribution < -0.4 is 0 Å². The van der Waals surface area contributed by atoms with Crippen LogP contribution >= 0.6 is 0 Å². The van der Waals surface area contributed by atoms with Crippen LogP contribution in [0.5, 0.6) is 0 Å². The number of halogens is 1. The summed E-state index contributed by atoms with van der Waals surface area (Å²) < 4.78 is 37.7. The molecule has 1 aliphatic rings. The van der Waals surface area contributed by atoms with Crippen molar-refractivity contribution in [2.75, 3.05) is 31.9 Å². The minimum absolute atomic E-state index is 0.0600. The molecular weight excluding hydrogens is 295 g/mol. The van der Waals surface area contributed by atoms with Crippen molar-refractivity contribution in [1.29, 1.82) is 0 Å². The van der Waals surface area contributed by atoms with E-state index in [1.165, 1.54) is 16.4 Å². The van der Waals surface area contributed by atoms with Crippen LogP contribution in [-0.2, 0) is 21.2 Å². The van der Waals surface area contributed by atoms with Gasteiger partial charge >= 0.3 is 0 Å². The Kier molecular flexibility index (Phi) is 4.95. The second-order valence-corrected chi connectivity index (χ2v) is 7.24. The summed E-state index contributed by atoms with van der Waals surface area (Å²) in [6, 6.07) is 5.83. The summed E-state index contributed by atoms with van der Waals surface area (Å²) in [7, 11) is -3.18. The summed E-state index contributed by atoms with van der Waals surface area (Å²) in [5, 5.41) is 0. The van der Waals surface area contributed by atoms with Crippen molar-refractivity contribution in [1.82, 2.24) is 9.21 Å². The third-order valence-corrected chi connectivity index (χ3v) is 5.50. The predicted molar refractivity (Wildman–Crippen MR) is 77.7 cm³/mol. The monoisotopic (exact) mass is 314 g/mol. The fourth-order valence-electron chi connectivity index (χ4n) is 2.29. The highest BCUT2D eigenvalue weighted by atomic mass is 32.2. The van der Waals surface area contributed by atoms with Crippen LogP contribution in [0.15, 0.2) is 24.3 Å². The van der Waals surface area contributed by atoms with Crippen LogP contribution in [0.1, 0.15) is 12.5 Å². The molecule has 5 nitrogen and oxygen atoms in total. The molecule has 7 heteroatoms. The first kappa shape index (κ1) is 15.9. The molecule has 1 fully saturated rings. The van der Waals surface area contributed by atoms with Gasteiger partial charge in [-0.15, -0.1) is 0 Å². The third kappa shape index (κ3) is 4.01. The number of carbonyl (C=O) groups excluding carboxylic acids is 1. The Labute approximate surface area is 124 Å². The third-order valence-electron chi connectivity index (χ3n) is 3.62. The number of sulfonamides is 1. The van der Waals surface area contributed by atoms with Crippen LogP contribution in [0.4, 0.5) is 4.39 Å². The zero-order valence-corrected chi connectivity index (χ0v) is 12.8. The lowest BCUT2D eigenvalue weighted by atomic mass is 10.1. The molecular formula is C14H19FN2O3S. The molecule has 0 spiro atoms. The van der Waals surface area contributed by atoms with E-state index in [4.69, 9.17) is 0 Å². The van der Waals surface area contributed by atoms with Crippen LogP contribution in [0, 0.1) is 5.82 Å². The lowest BCUT2D eigenvalue weighted by Gasteiger charge is -2.33. The Hall–Kier alpha value is -1.47. The molecule has 0 aliphatic carbocycles. The Balaban J connectivity index is 1.90. The Morgan fingerprint density at radius 3 is 2.24 bits per heavy atom. The van der Waals surface area contributed by atoms with Crippen LogP contribution in [-0.4, -0.2) is 55.5 Å². The van der Waals surface area contributed by atoms with Gasteiger partial charge in [0.05, 0.1) is 12.2 Å². The number of carbonyl (C=O) groups is 1. The zero-order chi connectivity index (χ0) is 15.5. The highest BCUT2D eigenvalue weighted by molar-refractivity contribution is 7.89. The molecule has 0 bridgehead atoms. The van der Waals surface area contributed by atoms with Crippen LogP contribution in [0.3, 0.4) is 0 Å². The van der Waals surface area contributed by atoms with Gasteiger partial charge in [-0.3, -0.25) is 4.79 Å². The van der Waals surface area contributed by atoms with Gasteiger partial charge in [-0.2, -0.15) is 4.31 Å². The van der Waals surface area contributed by atoms with Gasteiger partial charge in [0.2, 0.25) is 15.9 Å². The molecule has 0 N–H and O–H groups in total. The van der Waals surface area contributed by atoms with Gasteiger partial charge in [-0.25, -0.2) is 12.8 Å². The summed E-state index contributed by atoms with van der Waals surface area (Å²) in [5.74, 6) is -0.309. The van der Waals surface area contributed by atoms with E-state index >= 15 is 0 Å². The van der Waals surface area contributed by atoms with Crippen LogP contribution in [0.25, 0.3) is 0 Å². The lowest BCUT2D eigenvalue weighted by molar-refractivity contribution is -0.131. The zero-order valence-electron chi connectivity index (χ0n) is 12.0. The molecule has 1 aromatic carbocycles. The molecule has 21 heavy (non-hydrogen) atoms. The van der Waals surface area contributed by atoms with E-state index in [0.29, 0.717) is 26.2 Å². The van der Waals surface area contributed by atoms with E-state index in [0.717, 1.165) is 5.56 Å². The normalized spacial score (nSPS) is 17.0. The van der Waals surface area contributed by atoms with Gasteiger partial charge < -0.3 is 4.90 Å². The van der Waals surface area contributed by atoms with Gasteiger partial charge in [0, 0.05) is 26.2 Å². The van der Waals surface area contributed by atoms with E-state index in [9.17, 15) is 17.6 Å². The van der Waals surface area contributed by atoms with Crippen molar-refractivity contribution >= 4 is 15.9 Å². The van der Waals surface area contributed by atoms with Crippen molar-refractivity contribution in [3.05, 3.63) is 35.6 Å². The van der Waals surface area contributed by atoms with E-state index in [-0.39, 0.29) is 23.9 Å². The lowest BCUT2D eigenvalue weighted by Crippen LogP contribution is -2.51. The number of rotatable bonds is 4. The van der Waals surface area contributed by atoms with Gasteiger partial charge in [-0.05, 0) is 24.6 Å². The number of benzene rings is 1. The summed E-state index contributed by atoms with van der Waals surface area (Å²) in [6.07, 6.45) is 0.209. The van der Waals surface area contributed by atoms with Crippen molar-refractivity contribution in [3.8, 4) is 0 Å². The molecule has 1 aliphatic heterocycles. The smallest absolute Gasteiger partial charge is 0.227 e. The van der Waals surface area contributed by atoms with Gasteiger partial charge in [0.1, 0.15) is 5.82 Å². The van der Waals surface area contributed by atoms with Crippen molar-refractivity contribution in [2.24, 2.45) is 0 Å². The SMILES string of the molecule is CCS(=O)(=O)N1CCN(C(=O)Cc2ccc(F)cc2)CC1. The highest BCUT2D eigenvalue weighted by Crippen LogP contribution is 2.11. The first-order chi connectivity index (χ1) is 9.92. The van der Waals surface area contributed by atoms with E-state index < -0.39 is 10.0 Å². The number of nitrogens with zero attached hydrogens (tertiary/aromatic N) is 2. The number of piperazine rings is 1. The predicted octanol–water partition coefficient (Wildman–Crippen LogP) is 0.862. The maximum atomic E-state index is 12.8. The maximum Gasteiger partial charge on any atom is 0.227 e. The number of hydrogen-bond donors (Lipinski definition) is 0.